The molecule has 1 atom stereocenters. The predicted octanol–water partition coefficient (Wildman–Crippen LogP) is -0.769. The van der Waals surface area contributed by atoms with Gasteiger partial charge in [-0.2, -0.15) is 0 Å². The minimum Gasteiger partial charge on any atom is -0.480 e. The van der Waals surface area contributed by atoms with Crippen LogP contribution >= 0.6 is 0 Å². The number of amides is 2. The number of benzene rings is 1. The Morgan fingerprint density at radius 2 is 2.00 bits per heavy atom. The molecule has 0 saturated carbocycles. The lowest BCUT2D eigenvalue weighted by Crippen LogP contribution is -2.43. The second kappa shape index (κ2) is 7.36. The van der Waals surface area contributed by atoms with Crippen LogP contribution in [0.4, 0.5) is 0 Å². The first-order chi connectivity index (χ1) is 11.4. The topological polar surface area (TPSA) is 144 Å². The van der Waals surface area contributed by atoms with Gasteiger partial charge >= 0.3 is 5.97 Å². The summed E-state index contributed by atoms with van der Waals surface area (Å²) in [7, 11) is 0. The number of carbonyl (C=O) groups is 3. The molecule has 2 rings (SSSR count). The third kappa shape index (κ3) is 4.15. The molecule has 1 heterocycles. The number of carboxylic acids is 1. The number of nitrogens with one attached hydrogen (secondary N) is 1. The highest BCUT2D eigenvalue weighted by Gasteiger charge is 2.21. The summed E-state index contributed by atoms with van der Waals surface area (Å²) in [6.45, 7) is 0.0331. The number of carbonyl (C=O) groups excluding carboxylic acids is 2. The molecule has 0 aliphatic heterocycles. The highest BCUT2D eigenvalue weighted by Crippen LogP contribution is 2.05. The van der Waals surface area contributed by atoms with Crippen LogP contribution in [0.15, 0.2) is 35.4 Å². The van der Waals surface area contributed by atoms with Crippen LogP contribution in [0.2, 0.25) is 0 Å². The summed E-state index contributed by atoms with van der Waals surface area (Å²) in [6.07, 6.45) is 0.692. The molecule has 4 N–H and O–H groups in total. The number of nitrogens with zero attached hydrogens (tertiary/aromatic N) is 2. The zero-order valence-corrected chi connectivity index (χ0v) is 12.6. The Hall–Kier alpha value is -3.23. The molecule has 1 aromatic heterocycles. The second-order valence-corrected chi connectivity index (χ2v) is 5.14. The maximum absolute atomic E-state index is 12.3. The van der Waals surface area contributed by atoms with Crippen LogP contribution in [-0.4, -0.2) is 38.5 Å². The fourth-order valence-corrected chi connectivity index (χ4v) is 2.16. The number of aromatic nitrogens is 2. The second-order valence-electron chi connectivity index (χ2n) is 5.14. The van der Waals surface area contributed by atoms with Crippen LogP contribution < -0.4 is 16.6 Å². The molecule has 9 nitrogen and oxygen atoms in total. The molecular weight excluding hydrogens is 316 g/mol. The van der Waals surface area contributed by atoms with Gasteiger partial charge in [0.1, 0.15) is 6.04 Å². The van der Waals surface area contributed by atoms with Crippen LogP contribution in [-0.2, 0) is 20.9 Å². The van der Waals surface area contributed by atoms with Gasteiger partial charge in [0.25, 0.3) is 5.56 Å². The fourth-order valence-electron chi connectivity index (χ4n) is 2.16. The molecule has 1 unspecified atom stereocenters. The van der Waals surface area contributed by atoms with Crippen molar-refractivity contribution < 1.29 is 19.5 Å². The molecule has 1 aromatic carbocycles. The molecule has 2 amide bonds. The van der Waals surface area contributed by atoms with Gasteiger partial charge in [-0.3, -0.25) is 19.0 Å². The minimum atomic E-state index is -1.39. The maximum atomic E-state index is 12.3. The first-order valence-corrected chi connectivity index (χ1v) is 7.13. The van der Waals surface area contributed by atoms with E-state index < -0.39 is 30.2 Å². The third-order valence-electron chi connectivity index (χ3n) is 3.35. The summed E-state index contributed by atoms with van der Waals surface area (Å²) in [4.78, 5) is 50.0. The smallest absolute Gasteiger partial charge is 0.326 e. The number of hydrogen-bond donors (Lipinski definition) is 3. The Kier molecular flexibility index (Phi) is 5.25. The Bertz CT molecular complexity index is 845. The molecule has 0 spiro atoms. The summed E-state index contributed by atoms with van der Waals surface area (Å²) in [5.41, 5.74) is 5.20. The van der Waals surface area contributed by atoms with Crippen LogP contribution in [0.1, 0.15) is 12.8 Å². The van der Waals surface area contributed by atoms with Gasteiger partial charge in [0.2, 0.25) is 11.8 Å². The van der Waals surface area contributed by atoms with E-state index in [-0.39, 0.29) is 18.5 Å². The number of nitrogens with two attached hydrogens (primary N) is 1. The zero-order chi connectivity index (χ0) is 17.7. The average molecular weight is 332 g/mol. The Balaban J connectivity index is 2.04. The van der Waals surface area contributed by atoms with Gasteiger partial charge in [0.15, 0.2) is 0 Å². The first-order valence-electron chi connectivity index (χ1n) is 7.13. The number of fused-ring (bicyclic) bond motifs is 1. The van der Waals surface area contributed by atoms with E-state index in [1.807, 2.05) is 0 Å². The van der Waals surface area contributed by atoms with Gasteiger partial charge in [-0.15, -0.1) is 0 Å². The van der Waals surface area contributed by atoms with Crippen molar-refractivity contribution in [3.8, 4) is 0 Å². The highest BCUT2D eigenvalue weighted by atomic mass is 16.4. The van der Waals surface area contributed by atoms with E-state index in [0.717, 1.165) is 0 Å². The van der Waals surface area contributed by atoms with Crippen molar-refractivity contribution in [3.63, 3.8) is 0 Å². The first kappa shape index (κ1) is 17.1. The van der Waals surface area contributed by atoms with E-state index >= 15 is 0 Å². The van der Waals surface area contributed by atoms with Crippen molar-refractivity contribution >= 4 is 28.7 Å². The molecule has 0 saturated heterocycles. The number of rotatable bonds is 7. The Morgan fingerprint density at radius 3 is 2.67 bits per heavy atom. The number of para-hydroxylation sites is 1. The molecule has 0 radical (unpaired) electrons. The monoisotopic (exact) mass is 332 g/mol. The number of aryl methyl sites for hydroxylation is 1. The molecular formula is C15H16N4O5. The fraction of sp³-hybridized carbons (Fsp3) is 0.267. The average Bonchev–Trinajstić information content (AvgIpc) is 2.53. The summed E-state index contributed by atoms with van der Waals surface area (Å²) in [6, 6.07) is 5.42. The molecule has 9 heteroatoms. The van der Waals surface area contributed by atoms with Crippen molar-refractivity contribution in [1.29, 1.82) is 0 Å². The Morgan fingerprint density at radius 1 is 1.29 bits per heavy atom. The minimum absolute atomic E-state index is 0.0331. The number of carboxylic acid groups (broad SMARTS) is 1. The lowest BCUT2D eigenvalue weighted by atomic mass is 10.2. The van der Waals surface area contributed by atoms with Gasteiger partial charge in [-0.05, 0) is 12.1 Å². The molecule has 2 aromatic rings. The van der Waals surface area contributed by atoms with Crippen LogP contribution in [0.5, 0.6) is 0 Å². The SMILES string of the molecule is NC(=O)CC(NC(=O)CCn1cnc2ccccc2c1=O)C(=O)O. The van der Waals surface area contributed by atoms with Gasteiger partial charge in [0, 0.05) is 13.0 Å². The summed E-state index contributed by atoms with van der Waals surface area (Å²) in [5.74, 6) is -2.80. The molecule has 0 bridgehead atoms. The molecule has 0 fully saturated rings. The maximum Gasteiger partial charge on any atom is 0.326 e. The van der Waals surface area contributed by atoms with E-state index in [9.17, 15) is 19.2 Å². The summed E-state index contributed by atoms with van der Waals surface area (Å²) >= 11 is 0. The molecule has 0 aliphatic rings. The van der Waals surface area contributed by atoms with Gasteiger partial charge in [-0.25, -0.2) is 9.78 Å². The largest absolute Gasteiger partial charge is 0.480 e. The van der Waals surface area contributed by atoms with Crippen LogP contribution in [0.25, 0.3) is 10.9 Å². The summed E-state index contributed by atoms with van der Waals surface area (Å²) in [5, 5.41) is 11.6. The van der Waals surface area contributed by atoms with Crippen molar-refractivity contribution in [2.24, 2.45) is 5.73 Å². The quantitative estimate of drug-likeness (QED) is 0.607. The van der Waals surface area contributed by atoms with Crippen molar-refractivity contribution in [2.75, 3.05) is 0 Å². The zero-order valence-electron chi connectivity index (χ0n) is 12.6. The standard InChI is InChI=1S/C15H16N4O5/c16-12(20)7-11(15(23)24)18-13(21)5-6-19-8-17-10-4-2-1-3-9(10)14(19)22/h1-4,8,11H,5-7H2,(H2,16,20)(H,18,21)(H,23,24). The van der Waals surface area contributed by atoms with Gasteiger partial charge < -0.3 is 16.2 Å². The third-order valence-corrected chi connectivity index (χ3v) is 3.35. The normalized spacial score (nSPS) is 11.8. The van der Waals surface area contributed by atoms with Gasteiger partial charge in [0.05, 0.1) is 23.7 Å². The van der Waals surface area contributed by atoms with E-state index in [1.165, 1.54) is 10.9 Å². The predicted molar refractivity (Wildman–Crippen MR) is 84.0 cm³/mol. The highest BCUT2D eigenvalue weighted by molar-refractivity contribution is 5.88. The number of aliphatic carboxylic acids is 1. The molecule has 0 aliphatic carbocycles. The van der Waals surface area contributed by atoms with E-state index in [1.54, 1.807) is 24.3 Å². The molecule has 126 valence electrons. The summed E-state index contributed by atoms with van der Waals surface area (Å²) < 4.78 is 1.27. The van der Waals surface area contributed by atoms with E-state index in [0.29, 0.717) is 10.9 Å². The van der Waals surface area contributed by atoms with E-state index in [4.69, 9.17) is 10.8 Å². The van der Waals surface area contributed by atoms with Crippen LogP contribution in [0.3, 0.4) is 0 Å². The lowest BCUT2D eigenvalue weighted by molar-refractivity contribution is -0.143. The Labute approximate surface area is 136 Å². The van der Waals surface area contributed by atoms with Crippen molar-refractivity contribution in [2.45, 2.75) is 25.4 Å². The van der Waals surface area contributed by atoms with E-state index in [2.05, 4.69) is 10.3 Å². The number of primary amides is 1. The van der Waals surface area contributed by atoms with Gasteiger partial charge in [-0.1, -0.05) is 12.1 Å². The lowest BCUT2D eigenvalue weighted by Gasteiger charge is -2.13. The van der Waals surface area contributed by atoms with Crippen molar-refractivity contribution in [1.82, 2.24) is 14.9 Å². The number of hydrogen-bond acceptors (Lipinski definition) is 5. The van der Waals surface area contributed by atoms with Crippen LogP contribution in [0, 0.1) is 0 Å². The molecule has 24 heavy (non-hydrogen) atoms. The van der Waals surface area contributed by atoms with Crippen molar-refractivity contribution in [3.05, 3.63) is 40.9 Å².